The van der Waals surface area contributed by atoms with E-state index in [2.05, 4.69) is 22.8 Å². The molecular formula is C17H21ClN2O2S. The van der Waals surface area contributed by atoms with Crippen LogP contribution in [0.25, 0.3) is 0 Å². The van der Waals surface area contributed by atoms with E-state index in [-0.39, 0.29) is 24.4 Å². The summed E-state index contributed by atoms with van der Waals surface area (Å²) in [5, 5.41) is 6.35. The van der Waals surface area contributed by atoms with Crippen molar-refractivity contribution in [1.82, 2.24) is 10.6 Å². The summed E-state index contributed by atoms with van der Waals surface area (Å²) in [7, 11) is 0. The average molecular weight is 353 g/mol. The number of rotatable bonds is 5. The van der Waals surface area contributed by atoms with Gasteiger partial charge in [-0.15, -0.1) is 24.2 Å². The number of halogens is 1. The number of nitrogens with one attached hydrogen (secondary N) is 2. The highest BCUT2D eigenvalue weighted by molar-refractivity contribution is 7.98. The average Bonchev–Trinajstić information content (AvgIpc) is 3.03. The monoisotopic (exact) mass is 352 g/mol. The lowest BCUT2D eigenvalue weighted by Crippen LogP contribution is -2.45. The van der Waals surface area contributed by atoms with Gasteiger partial charge in [0.1, 0.15) is 0 Å². The topological polar surface area (TPSA) is 54.3 Å². The fraction of sp³-hybridized carbons (Fsp3) is 0.353. The summed E-state index contributed by atoms with van der Waals surface area (Å²) in [6.07, 6.45) is 3.71. The van der Waals surface area contributed by atoms with Gasteiger partial charge in [-0.25, -0.2) is 0 Å². The number of hydrogen-bond donors (Lipinski definition) is 2. The minimum atomic E-state index is -0.109. The molecule has 3 rings (SSSR count). The molecule has 1 aromatic heterocycles. The number of benzene rings is 1. The second kappa shape index (κ2) is 9.01. The first-order chi connectivity index (χ1) is 10.8. The van der Waals surface area contributed by atoms with E-state index in [1.165, 1.54) is 4.90 Å². The Bertz CT molecular complexity index is 612. The molecule has 1 aliphatic rings. The van der Waals surface area contributed by atoms with Crippen LogP contribution in [0.1, 0.15) is 29.0 Å². The molecule has 0 bridgehead atoms. The lowest BCUT2D eigenvalue weighted by atomic mass is 10.1. The normalized spacial score (nSPS) is 17.3. The molecule has 1 amide bonds. The molecule has 23 heavy (non-hydrogen) atoms. The van der Waals surface area contributed by atoms with Gasteiger partial charge in [0.2, 0.25) is 0 Å². The summed E-state index contributed by atoms with van der Waals surface area (Å²) in [5.41, 5.74) is 0.940. The maximum Gasteiger partial charge on any atom is 0.287 e. The summed E-state index contributed by atoms with van der Waals surface area (Å²) >= 11 is 1.70. The van der Waals surface area contributed by atoms with Crippen LogP contribution in [-0.2, 0) is 5.75 Å². The fourth-order valence-electron chi connectivity index (χ4n) is 2.55. The zero-order chi connectivity index (χ0) is 15.2. The van der Waals surface area contributed by atoms with E-state index in [0.29, 0.717) is 5.76 Å². The lowest BCUT2D eigenvalue weighted by molar-refractivity contribution is 0.0901. The molecule has 1 saturated heterocycles. The predicted molar refractivity (Wildman–Crippen MR) is 95.3 cm³/mol. The quantitative estimate of drug-likeness (QED) is 0.809. The van der Waals surface area contributed by atoms with Gasteiger partial charge < -0.3 is 15.1 Å². The number of hydrogen-bond acceptors (Lipinski definition) is 4. The van der Waals surface area contributed by atoms with Gasteiger partial charge in [0.05, 0.1) is 6.26 Å². The molecule has 124 valence electrons. The molecule has 0 spiro atoms. The van der Waals surface area contributed by atoms with Crippen LogP contribution in [0.2, 0.25) is 0 Å². The van der Waals surface area contributed by atoms with Gasteiger partial charge in [0.25, 0.3) is 5.91 Å². The predicted octanol–water partition coefficient (Wildman–Crippen LogP) is 3.48. The Morgan fingerprint density at radius 2 is 2.13 bits per heavy atom. The van der Waals surface area contributed by atoms with Crippen molar-refractivity contribution in [3.63, 3.8) is 0 Å². The number of piperidine rings is 1. The van der Waals surface area contributed by atoms with Gasteiger partial charge in [-0.1, -0.05) is 18.2 Å². The third-order valence-corrected chi connectivity index (χ3v) is 4.78. The third-order valence-electron chi connectivity index (χ3n) is 3.72. The number of thioether (sulfide) groups is 1. The molecule has 1 aliphatic heterocycles. The molecule has 4 nitrogen and oxygen atoms in total. The van der Waals surface area contributed by atoms with Crippen molar-refractivity contribution in [1.29, 1.82) is 0 Å². The van der Waals surface area contributed by atoms with Crippen LogP contribution < -0.4 is 10.6 Å². The first-order valence-electron chi connectivity index (χ1n) is 7.59. The van der Waals surface area contributed by atoms with Crippen molar-refractivity contribution < 1.29 is 9.21 Å². The summed E-state index contributed by atoms with van der Waals surface area (Å²) in [6.45, 7) is 1.87. The van der Waals surface area contributed by atoms with Crippen LogP contribution in [-0.4, -0.2) is 25.0 Å². The largest absolute Gasteiger partial charge is 0.459 e. The Labute approximate surface area is 146 Å². The first kappa shape index (κ1) is 17.9. The lowest BCUT2D eigenvalue weighted by Gasteiger charge is -2.23. The van der Waals surface area contributed by atoms with E-state index < -0.39 is 0 Å². The highest BCUT2D eigenvalue weighted by Crippen LogP contribution is 2.25. The maximum absolute atomic E-state index is 12.4. The van der Waals surface area contributed by atoms with Crippen molar-refractivity contribution >= 4 is 30.1 Å². The Kier molecular flexibility index (Phi) is 7.02. The van der Waals surface area contributed by atoms with Gasteiger partial charge >= 0.3 is 0 Å². The van der Waals surface area contributed by atoms with Gasteiger partial charge in [-0.3, -0.25) is 4.79 Å². The molecular weight excluding hydrogens is 332 g/mol. The summed E-state index contributed by atoms with van der Waals surface area (Å²) in [4.78, 5) is 13.6. The SMILES string of the molecule is Cl.O=C(NC1CCCNC1)c1occc1CSc1ccccc1. The smallest absolute Gasteiger partial charge is 0.287 e. The molecule has 0 radical (unpaired) electrons. The van der Waals surface area contributed by atoms with Gasteiger partial charge in [-0.05, 0) is 37.6 Å². The second-order valence-electron chi connectivity index (χ2n) is 5.39. The zero-order valence-electron chi connectivity index (χ0n) is 12.8. The molecule has 1 atom stereocenters. The number of furan rings is 1. The van der Waals surface area contributed by atoms with Crippen molar-refractivity contribution in [3.8, 4) is 0 Å². The highest BCUT2D eigenvalue weighted by Gasteiger charge is 2.20. The Balaban J connectivity index is 0.00000192. The molecule has 1 unspecified atom stereocenters. The Morgan fingerprint density at radius 1 is 1.30 bits per heavy atom. The van der Waals surface area contributed by atoms with E-state index in [4.69, 9.17) is 4.42 Å². The van der Waals surface area contributed by atoms with Gasteiger partial charge in [-0.2, -0.15) is 0 Å². The molecule has 2 N–H and O–H groups in total. The molecule has 0 saturated carbocycles. The van der Waals surface area contributed by atoms with E-state index in [0.717, 1.165) is 37.2 Å². The van der Waals surface area contributed by atoms with E-state index in [9.17, 15) is 4.79 Å². The number of amides is 1. The first-order valence-corrected chi connectivity index (χ1v) is 8.57. The molecule has 1 fully saturated rings. The van der Waals surface area contributed by atoms with E-state index in [1.807, 2.05) is 24.3 Å². The number of carbonyl (C=O) groups excluding carboxylic acids is 1. The van der Waals surface area contributed by atoms with Crippen LogP contribution in [0.15, 0.2) is 52.0 Å². The van der Waals surface area contributed by atoms with Crippen molar-refractivity contribution in [2.45, 2.75) is 29.5 Å². The highest BCUT2D eigenvalue weighted by atomic mass is 35.5. The van der Waals surface area contributed by atoms with Crippen LogP contribution >= 0.6 is 24.2 Å². The van der Waals surface area contributed by atoms with Crippen LogP contribution in [0.4, 0.5) is 0 Å². The number of carbonyl (C=O) groups is 1. The minimum Gasteiger partial charge on any atom is -0.459 e. The standard InChI is InChI=1S/C17H20N2O2S.ClH/c20-17(19-14-5-4-9-18-11-14)16-13(8-10-21-16)12-22-15-6-2-1-3-7-15;/h1-3,6-8,10,14,18H,4-5,9,11-12H2,(H,19,20);1H. The second-order valence-corrected chi connectivity index (χ2v) is 6.44. The summed E-state index contributed by atoms with van der Waals surface area (Å²) in [5.74, 6) is 1.06. The Hall–Kier alpha value is -1.43. The fourth-order valence-corrected chi connectivity index (χ4v) is 3.45. The van der Waals surface area contributed by atoms with E-state index >= 15 is 0 Å². The summed E-state index contributed by atoms with van der Waals surface area (Å²) in [6, 6.07) is 12.2. The summed E-state index contributed by atoms with van der Waals surface area (Å²) < 4.78 is 5.41. The third kappa shape index (κ3) is 5.03. The van der Waals surface area contributed by atoms with Crippen LogP contribution in [0.3, 0.4) is 0 Å². The van der Waals surface area contributed by atoms with Gasteiger partial charge in [0.15, 0.2) is 5.76 Å². The molecule has 6 heteroatoms. The molecule has 2 heterocycles. The molecule has 0 aliphatic carbocycles. The maximum atomic E-state index is 12.4. The van der Waals surface area contributed by atoms with E-state index in [1.54, 1.807) is 18.0 Å². The van der Waals surface area contributed by atoms with Crippen molar-refractivity contribution in [2.75, 3.05) is 13.1 Å². The minimum absolute atomic E-state index is 0. The van der Waals surface area contributed by atoms with Crippen molar-refractivity contribution in [2.24, 2.45) is 0 Å². The van der Waals surface area contributed by atoms with Crippen LogP contribution in [0, 0.1) is 0 Å². The van der Waals surface area contributed by atoms with Gasteiger partial charge in [0, 0.05) is 28.8 Å². The van der Waals surface area contributed by atoms with Crippen LogP contribution in [0.5, 0.6) is 0 Å². The van der Waals surface area contributed by atoms with Crippen molar-refractivity contribution in [3.05, 3.63) is 54.0 Å². The molecule has 2 aromatic rings. The molecule has 1 aromatic carbocycles. The zero-order valence-corrected chi connectivity index (χ0v) is 14.4. The Morgan fingerprint density at radius 3 is 2.87 bits per heavy atom.